The van der Waals surface area contributed by atoms with Gasteiger partial charge < -0.3 is 11.3 Å². The maximum absolute atomic E-state index is 8.24. The van der Waals surface area contributed by atoms with Gasteiger partial charge in [0.15, 0.2) is 0 Å². The van der Waals surface area contributed by atoms with E-state index < -0.39 is 0 Å². The Morgan fingerprint density at radius 3 is 2.56 bits per heavy atom. The molecule has 3 heteroatoms. The number of aliphatic hydroxyl groups excluding tert-OH is 1. The predicted molar refractivity (Wildman–Crippen MR) is 33.9 cm³/mol. The van der Waals surface area contributed by atoms with E-state index in [1.165, 1.54) is 0 Å². The summed E-state index contributed by atoms with van der Waals surface area (Å²) in [7, 11) is 0. The second-order valence-electron chi connectivity index (χ2n) is 1.69. The van der Waals surface area contributed by atoms with E-state index in [0.29, 0.717) is 6.61 Å². The molecule has 0 aliphatic rings. The van der Waals surface area contributed by atoms with Gasteiger partial charge >= 0.3 is 51.4 Å². The molecule has 0 bridgehead atoms. The molecule has 2 nitrogen and oxygen atoms in total. The fourth-order valence-electron chi connectivity index (χ4n) is 0.413. The van der Waals surface area contributed by atoms with Crippen molar-refractivity contribution in [2.75, 3.05) is 19.8 Å². The fraction of sp³-hybridized carbons (Fsp3) is 1.00. The Kier molecular flexibility index (Phi) is 17.9. The number of rotatable bonds is 5. The van der Waals surface area contributed by atoms with Gasteiger partial charge in [0.25, 0.3) is 0 Å². The van der Waals surface area contributed by atoms with Crippen molar-refractivity contribution in [1.82, 2.24) is 0 Å². The zero-order chi connectivity index (χ0) is 6.24. The molecule has 0 saturated heterocycles. The van der Waals surface area contributed by atoms with Crippen molar-refractivity contribution in [2.45, 2.75) is 19.8 Å². The van der Waals surface area contributed by atoms with Crippen LogP contribution in [-0.4, -0.2) is 24.9 Å². The number of unbranched alkanes of at least 4 members (excludes halogenated alkanes) is 1. The van der Waals surface area contributed by atoms with Crippen LogP contribution >= 0.6 is 0 Å². The molecule has 0 aromatic heterocycles. The molecule has 0 rings (SSSR count). The monoisotopic (exact) mass is 158 g/mol. The molecule has 0 radical (unpaired) electrons. The molecule has 0 aromatic carbocycles. The maximum Gasteiger partial charge on any atom is 1.00 e. The van der Waals surface area contributed by atoms with Crippen molar-refractivity contribution in [3.05, 3.63) is 0 Å². The van der Waals surface area contributed by atoms with Crippen LogP contribution in [0.5, 0.6) is 0 Å². The summed E-state index contributed by atoms with van der Waals surface area (Å²) in [6.07, 6.45) is 2.26. The molecule has 0 heterocycles. The Bertz CT molecular complexity index is 40.7. The van der Waals surface area contributed by atoms with Crippen LogP contribution < -0.4 is 51.4 Å². The van der Waals surface area contributed by atoms with Crippen molar-refractivity contribution in [3.63, 3.8) is 0 Å². The first kappa shape index (κ1) is 13.2. The van der Waals surface area contributed by atoms with Gasteiger partial charge in [-0.1, -0.05) is 13.3 Å². The first-order valence-electron chi connectivity index (χ1n) is 3.10. The summed E-state index contributed by atoms with van der Waals surface area (Å²) in [5.74, 6) is 0. The van der Waals surface area contributed by atoms with Gasteiger partial charge in [-0.25, -0.2) is 0 Å². The van der Waals surface area contributed by atoms with E-state index in [4.69, 9.17) is 9.84 Å². The standard InChI is InChI=1S/C6H14O2.K.H/c1-2-3-5-8-6-4-7;;/h7H,2-6H2,1H3;;/q;+1;-1. The summed E-state index contributed by atoms with van der Waals surface area (Å²) in [6.45, 7) is 3.53. The summed E-state index contributed by atoms with van der Waals surface area (Å²) >= 11 is 0. The number of aliphatic hydroxyl groups is 1. The summed E-state index contributed by atoms with van der Waals surface area (Å²) < 4.78 is 4.97. The molecule has 9 heavy (non-hydrogen) atoms. The average Bonchev–Trinajstić information content (AvgIpc) is 1.81. The van der Waals surface area contributed by atoms with E-state index in [2.05, 4.69) is 6.92 Å². The van der Waals surface area contributed by atoms with Gasteiger partial charge in [-0.2, -0.15) is 0 Å². The van der Waals surface area contributed by atoms with Gasteiger partial charge in [0.1, 0.15) is 0 Å². The van der Waals surface area contributed by atoms with Gasteiger partial charge in [-0.05, 0) is 6.42 Å². The van der Waals surface area contributed by atoms with Gasteiger partial charge in [0.2, 0.25) is 0 Å². The van der Waals surface area contributed by atoms with Crippen LogP contribution in [0.15, 0.2) is 0 Å². The minimum atomic E-state index is 0. The first-order chi connectivity index (χ1) is 3.91. The smallest absolute Gasteiger partial charge is 1.00 e. The summed E-state index contributed by atoms with van der Waals surface area (Å²) in [6, 6.07) is 0. The second kappa shape index (κ2) is 12.3. The quantitative estimate of drug-likeness (QED) is 0.367. The van der Waals surface area contributed by atoms with Crippen molar-refractivity contribution in [3.8, 4) is 0 Å². The van der Waals surface area contributed by atoms with Crippen LogP contribution in [0.4, 0.5) is 0 Å². The van der Waals surface area contributed by atoms with Crippen LogP contribution in [0.1, 0.15) is 21.2 Å². The Morgan fingerprint density at radius 1 is 1.44 bits per heavy atom. The third-order valence-corrected chi connectivity index (χ3v) is 0.878. The van der Waals surface area contributed by atoms with E-state index in [1.807, 2.05) is 0 Å². The normalized spacial score (nSPS) is 8.67. The van der Waals surface area contributed by atoms with Crippen molar-refractivity contribution >= 4 is 0 Å². The molecular formula is C6H15KO2. The molecule has 0 saturated carbocycles. The Balaban J connectivity index is -0.000000245. The Morgan fingerprint density at radius 2 is 2.11 bits per heavy atom. The summed E-state index contributed by atoms with van der Waals surface area (Å²) in [5.41, 5.74) is 0. The van der Waals surface area contributed by atoms with E-state index in [9.17, 15) is 0 Å². The van der Waals surface area contributed by atoms with E-state index in [1.54, 1.807) is 0 Å². The molecule has 1 N–H and O–H groups in total. The average molecular weight is 158 g/mol. The largest absolute Gasteiger partial charge is 1.00 e. The van der Waals surface area contributed by atoms with Gasteiger partial charge in [0.05, 0.1) is 13.2 Å². The molecule has 0 spiro atoms. The van der Waals surface area contributed by atoms with E-state index in [-0.39, 0.29) is 59.4 Å². The third-order valence-electron chi connectivity index (χ3n) is 0.878. The molecule has 52 valence electrons. The minimum Gasteiger partial charge on any atom is -1.00 e. The van der Waals surface area contributed by atoms with Crippen LogP contribution in [0.25, 0.3) is 0 Å². The summed E-state index contributed by atoms with van der Waals surface area (Å²) in [4.78, 5) is 0. The van der Waals surface area contributed by atoms with Gasteiger partial charge in [-0.3, -0.25) is 0 Å². The number of hydrogen-bond acceptors (Lipinski definition) is 2. The Hall–Kier alpha value is 1.56. The minimum absolute atomic E-state index is 0. The Labute approximate surface area is 101 Å². The number of hydrogen-bond donors (Lipinski definition) is 1. The van der Waals surface area contributed by atoms with E-state index in [0.717, 1.165) is 19.4 Å². The topological polar surface area (TPSA) is 29.5 Å². The van der Waals surface area contributed by atoms with Crippen molar-refractivity contribution < 1.29 is 62.7 Å². The third kappa shape index (κ3) is 12.7. The SMILES string of the molecule is CCCCOCCO.[H-].[K+]. The van der Waals surface area contributed by atoms with Crippen molar-refractivity contribution in [2.24, 2.45) is 0 Å². The summed E-state index contributed by atoms with van der Waals surface area (Å²) in [5, 5.41) is 8.24. The van der Waals surface area contributed by atoms with Crippen LogP contribution in [-0.2, 0) is 4.74 Å². The first-order valence-corrected chi connectivity index (χ1v) is 3.10. The van der Waals surface area contributed by atoms with Crippen LogP contribution in [0.3, 0.4) is 0 Å². The van der Waals surface area contributed by atoms with Crippen molar-refractivity contribution in [1.29, 1.82) is 0 Å². The van der Waals surface area contributed by atoms with Gasteiger partial charge in [0, 0.05) is 6.61 Å². The molecular weight excluding hydrogens is 143 g/mol. The molecule has 0 unspecified atom stereocenters. The molecule has 0 aliphatic carbocycles. The van der Waals surface area contributed by atoms with Crippen LogP contribution in [0.2, 0.25) is 0 Å². The fourth-order valence-corrected chi connectivity index (χ4v) is 0.413. The predicted octanol–water partition coefficient (Wildman–Crippen LogP) is -2.09. The number of ether oxygens (including phenoxy) is 1. The molecule has 0 aromatic rings. The molecule has 0 amide bonds. The molecule has 0 atom stereocenters. The second-order valence-corrected chi connectivity index (χ2v) is 1.69. The molecule has 0 fully saturated rings. The zero-order valence-electron chi connectivity index (χ0n) is 7.39. The van der Waals surface area contributed by atoms with E-state index >= 15 is 0 Å². The molecule has 0 aliphatic heterocycles. The maximum atomic E-state index is 8.24. The zero-order valence-corrected chi connectivity index (χ0v) is 9.51. The van der Waals surface area contributed by atoms with Gasteiger partial charge in [-0.15, -0.1) is 0 Å². The van der Waals surface area contributed by atoms with Crippen LogP contribution in [0, 0.1) is 0 Å².